The Hall–Kier alpha value is -1.55. The van der Waals surface area contributed by atoms with E-state index < -0.39 is 22.7 Å². The predicted molar refractivity (Wildman–Crippen MR) is 85.6 cm³/mol. The van der Waals surface area contributed by atoms with Crippen LogP contribution in [0.15, 0.2) is 17.2 Å². The van der Waals surface area contributed by atoms with E-state index in [1.54, 1.807) is 18.7 Å². The summed E-state index contributed by atoms with van der Waals surface area (Å²) in [5.74, 6) is -0.619. The van der Waals surface area contributed by atoms with Crippen molar-refractivity contribution in [2.24, 2.45) is 5.92 Å². The monoisotopic (exact) mass is 381 g/mol. The first-order valence-corrected chi connectivity index (χ1v) is 9.49. The van der Waals surface area contributed by atoms with Crippen molar-refractivity contribution >= 4 is 15.9 Å². The molecule has 6 nitrogen and oxygen atoms in total. The lowest BCUT2D eigenvalue weighted by atomic mass is 10.2. The molecule has 0 unspecified atom stereocenters. The van der Waals surface area contributed by atoms with E-state index in [1.165, 1.54) is 0 Å². The second-order valence-electron chi connectivity index (χ2n) is 6.55. The molecule has 1 amide bonds. The van der Waals surface area contributed by atoms with Gasteiger partial charge in [-0.2, -0.15) is 17.5 Å². The predicted octanol–water partition coefficient (Wildman–Crippen LogP) is 2.46. The largest absolute Gasteiger partial charge is 0.402 e. The van der Waals surface area contributed by atoms with E-state index in [-0.39, 0.29) is 29.0 Å². The molecule has 1 aromatic rings. The SMILES string of the molecule is CC(C)CN(CC(F)(F)F)S(=O)(=O)c1c[nH]c(C(=O)N2CCCC2)c1. The van der Waals surface area contributed by atoms with Crippen LogP contribution in [0.3, 0.4) is 0 Å². The zero-order chi connectivity index (χ0) is 18.8. The van der Waals surface area contributed by atoms with Gasteiger partial charge in [-0.1, -0.05) is 13.8 Å². The van der Waals surface area contributed by atoms with Gasteiger partial charge in [-0.25, -0.2) is 8.42 Å². The number of carbonyl (C=O) groups is 1. The van der Waals surface area contributed by atoms with E-state index in [0.717, 1.165) is 25.1 Å². The lowest BCUT2D eigenvalue weighted by Crippen LogP contribution is -2.40. The van der Waals surface area contributed by atoms with Gasteiger partial charge in [0.1, 0.15) is 17.1 Å². The van der Waals surface area contributed by atoms with Crippen molar-refractivity contribution in [3.8, 4) is 0 Å². The molecule has 0 aliphatic carbocycles. The fourth-order valence-corrected chi connectivity index (χ4v) is 4.32. The Balaban J connectivity index is 2.25. The van der Waals surface area contributed by atoms with Crippen molar-refractivity contribution < 1.29 is 26.4 Å². The maximum atomic E-state index is 12.8. The summed E-state index contributed by atoms with van der Waals surface area (Å²) in [7, 11) is -4.35. The standard InChI is InChI=1S/C15H22F3N3O3S/c1-11(2)9-21(10-15(16,17)18)25(23,24)12-7-13(19-8-12)14(22)20-5-3-4-6-20/h7-8,11,19H,3-6,9-10H2,1-2H3. The lowest BCUT2D eigenvalue weighted by Gasteiger charge is -2.24. The molecule has 25 heavy (non-hydrogen) atoms. The van der Waals surface area contributed by atoms with E-state index in [2.05, 4.69) is 4.98 Å². The molecular weight excluding hydrogens is 359 g/mol. The zero-order valence-corrected chi connectivity index (χ0v) is 15.0. The Labute approximate surface area is 145 Å². The number of nitrogens with one attached hydrogen (secondary N) is 1. The summed E-state index contributed by atoms with van der Waals surface area (Å²) in [6.07, 6.45) is -1.81. The Kier molecular flexibility index (Phi) is 5.82. The Bertz CT molecular complexity index is 707. The van der Waals surface area contributed by atoms with Gasteiger partial charge < -0.3 is 9.88 Å². The first kappa shape index (κ1) is 19.8. The minimum absolute atomic E-state index is 0.0666. The van der Waals surface area contributed by atoms with Crippen LogP contribution in [-0.4, -0.2) is 60.9 Å². The number of amides is 1. The Morgan fingerprint density at radius 1 is 1.32 bits per heavy atom. The number of rotatable bonds is 6. The third-order valence-corrected chi connectivity index (χ3v) is 5.63. The van der Waals surface area contributed by atoms with Gasteiger partial charge >= 0.3 is 6.18 Å². The van der Waals surface area contributed by atoms with Crippen LogP contribution >= 0.6 is 0 Å². The summed E-state index contributed by atoms with van der Waals surface area (Å²) in [4.78, 5) is 16.1. The number of alkyl halides is 3. The zero-order valence-electron chi connectivity index (χ0n) is 14.1. The quantitative estimate of drug-likeness (QED) is 0.823. The number of hydrogen-bond donors (Lipinski definition) is 1. The molecule has 0 atom stereocenters. The maximum Gasteiger partial charge on any atom is 0.402 e. The van der Waals surface area contributed by atoms with E-state index in [9.17, 15) is 26.4 Å². The lowest BCUT2D eigenvalue weighted by molar-refractivity contribution is -0.136. The average Bonchev–Trinajstić information content (AvgIpc) is 3.16. The molecule has 0 saturated carbocycles. The number of aromatic amines is 1. The molecule has 10 heteroatoms. The molecule has 1 aromatic heterocycles. The molecule has 142 valence electrons. The van der Waals surface area contributed by atoms with Crippen molar-refractivity contribution in [3.05, 3.63) is 18.0 Å². The Morgan fingerprint density at radius 3 is 2.44 bits per heavy atom. The number of sulfonamides is 1. The fraction of sp³-hybridized carbons (Fsp3) is 0.667. The van der Waals surface area contributed by atoms with Gasteiger partial charge in [0.15, 0.2) is 0 Å². The molecule has 0 aromatic carbocycles. The number of hydrogen-bond acceptors (Lipinski definition) is 3. The van der Waals surface area contributed by atoms with Crippen molar-refractivity contribution in [2.45, 2.75) is 37.8 Å². The van der Waals surface area contributed by atoms with Gasteiger partial charge in [-0.3, -0.25) is 4.79 Å². The van der Waals surface area contributed by atoms with Crippen LogP contribution in [0.4, 0.5) is 13.2 Å². The van der Waals surface area contributed by atoms with Crippen LogP contribution in [-0.2, 0) is 10.0 Å². The third kappa shape index (κ3) is 4.97. The second-order valence-corrected chi connectivity index (χ2v) is 8.49. The van der Waals surface area contributed by atoms with Crippen molar-refractivity contribution in [3.63, 3.8) is 0 Å². The van der Waals surface area contributed by atoms with Gasteiger partial charge in [0.2, 0.25) is 10.0 Å². The molecule has 1 fully saturated rings. The molecule has 2 heterocycles. The summed E-state index contributed by atoms with van der Waals surface area (Å²) >= 11 is 0. The van der Waals surface area contributed by atoms with E-state index >= 15 is 0 Å². The molecule has 1 saturated heterocycles. The van der Waals surface area contributed by atoms with E-state index in [0.29, 0.717) is 17.4 Å². The number of aromatic nitrogens is 1. The van der Waals surface area contributed by atoms with Crippen LogP contribution in [0.5, 0.6) is 0 Å². The molecular formula is C15H22F3N3O3S. The van der Waals surface area contributed by atoms with Crippen LogP contribution in [0.1, 0.15) is 37.2 Å². The Morgan fingerprint density at radius 2 is 1.92 bits per heavy atom. The topological polar surface area (TPSA) is 73.5 Å². The van der Waals surface area contributed by atoms with Gasteiger partial charge in [-0.05, 0) is 24.8 Å². The fourth-order valence-electron chi connectivity index (χ4n) is 2.74. The third-order valence-electron chi connectivity index (χ3n) is 3.84. The first-order valence-electron chi connectivity index (χ1n) is 8.05. The van der Waals surface area contributed by atoms with Crippen molar-refractivity contribution in [2.75, 3.05) is 26.2 Å². The van der Waals surface area contributed by atoms with Gasteiger partial charge in [0, 0.05) is 25.8 Å². The number of carbonyl (C=O) groups excluding carboxylic acids is 1. The number of H-pyrrole nitrogens is 1. The highest BCUT2D eigenvalue weighted by Gasteiger charge is 2.38. The average molecular weight is 381 g/mol. The van der Waals surface area contributed by atoms with Gasteiger partial charge in [-0.15, -0.1) is 0 Å². The first-order chi connectivity index (χ1) is 11.5. The van der Waals surface area contributed by atoms with Gasteiger partial charge in [0.05, 0.1) is 0 Å². The minimum atomic E-state index is -4.65. The summed E-state index contributed by atoms with van der Waals surface area (Å²) in [6.45, 7) is 2.63. The summed E-state index contributed by atoms with van der Waals surface area (Å²) in [5, 5.41) is 0. The summed E-state index contributed by atoms with van der Waals surface area (Å²) in [5.41, 5.74) is 0.0666. The number of likely N-dealkylation sites (tertiary alicyclic amines) is 1. The molecule has 0 spiro atoms. The minimum Gasteiger partial charge on any atom is -0.356 e. The number of nitrogens with zero attached hydrogens (tertiary/aromatic N) is 2. The summed E-state index contributed by atoms with van der Waals surface area (Å²) in [6, 6.07) is 1.11. The molecule has 1 aliphatic rings. The van der Waals surface area contributed by atoms with Crippen LogP contribution in [0, 0.1) is 5.92 Å². The molecule has 2 rings (SSSR count). The van der Waals surface area contributed by atoms with Gasteiger partial charge in [0.25, 0.3) is 5.91 Å². The second kappa shape index (κ2) is 7.36. The molecule has 0 bridgehead atoms. The number of halogens is 3. The summed E-state index contributed by atoms with van der Waals surface area (Å²) < 4.78 is 63.9. The van der Waals surface area contributed by atoms with Crippen molar-refractivity contribution in [1.29, 1.82) is 0 Å². The highest BCUT2D eigenvalue weighted by Crippen LogP contribution is 2.25. The van der Waals surface area contributed by atoms with Crippen molar-refractivity contribution in [1.82, 2.24) is 14.2 Å². The molecule has 1 N–H and O–H groups in total. The maximum absolute atomic E-state index is 12.8. The van der Waals surface area contributed by atoms with E-state index in [4.69, 9.17) is 0 Å². The highest BCUT2D eigenvalue weighted by atomic mass is 32.2. The van der Waals surface area contributed by atoms with Crippen LogP contribution in [0.25, 0.3) is 0 Å². The normalized spacial score (nSPS) is 16.2. The smallest absolute Gasteiger partial charge is 0.356 e. The van der Waals surface area contributed by atoms with E-state index in [1.807, 2.05) is 0 Å². The molecule has 1 aliphatic heterocycles. The van der Waals surface area contributed by atoms with Crippen LogP contribution in [0.2, 0.25) is 0 Å². The molecule has 0 radical (unpaired) electrons. The van der Waals surface area contributed by atoms with Crippen LogP contribution < -0.4 is 0 Å². The highest BCUT2D eigenvalue weighted by molar-refractivity contribution is 7.89.